The smallest absolute Gasteiger partial charge is 0.270 e. The average molecular weight is 679 g/mol. The van der Waals surface area contributed by atoms with Gasteiger partial charge < -0.3 is 29.0 Å². The monoisotopic (exact) mass is 678 g/mol. The number of hydrogen-bond acceptors (Lipinski definition) is 7. The second-order valence-electron chi connectivity index (χ2n) is 12.8. The zero-order valence-electron chi connectivity index (χ0n) is 28.4. The SMILES string of the molecule is COc1ccccc1-c1cc(C2=CCCN(C(=O)CCn3ccnn3)C2)c(F)c2[nH]c(C(=O)N3CCN(c4cc(C)c(=O)n(C)c4)CC3)cc12. The van der Waals surface area contributed by atoms with Gasteiger partial charge in [-0.3, -0.25) is 19.1 Å². The third-order valence-corrected chi connectivity index (χ3v) is 9.64. The van der Waals surface area contributed by atoms with E-state index in [-0.39, 0.29) is 35.9 Å². The van der Waals surface area contributed by atoms with Gasteiger partial charge in [-0.2, -0.15) is 0 Å². The number of piperazine rings is 1. The molecule has 0 bridgehead atoms. The van der Waals surface area contributed by atoms with Crippen LogP contribution in [-0.2, 0) is 18.4 Å². The third-order valence-electron chi connectivity index (χ3n) is 9.64. The quantitative estimate of drug-likeness (QED) is 0.261. The Balaban J connectivity index is 1.18. The van der Waals surface area contributed by atoms with Crippen molar-refractivity contribution in [3.05, 3.63) is 100 Å². The van der Waals surface area contributed by atoms with Crippen LogP contribution < -0.4 is 15.2 Å². The van der Waals surface area contributed by atoms with Crippen LogP contribution >= 0.6 is 0 Å². The van der Waals surface area contributed by atoms with Crippen molar-refractivity contribution in [2.24, 2.45) is 7.05 Å². The second kappa shape index (κ2) is 13.7. The lowest BCUT2D eigenvalue weighted by molar-refractivity contribution is -0.131. The maximum absolute atomic E-state index is 16.7. The summed E-state index contributed by atoms with van der Waals surface area (Å²) in [7, 11) is 3.33. The number of anilines is 1. The summed E-state index contributed by atoms with van der Waals surface area (Å²) in [6.07, 6.45) is 7.93. The molecule has 1 saturated heterocycles. The van der Waals surface area contributed by atoms with E-state index < -0.39 is 5.82 Å². The molecule has 0 radical (unpaired) electrons. The third kappa shape index (κ3) is 6.26. The number of para-hydroxylation sites is 1. The number of aryl methyl sites for hydroxylation is 3. The van der Waals surface area contributed by atoms with Gasteiger partial charge in [0.1, 0.15) is 11.4 Å². The van der Waals surface area contributed by atoms with Crippen molar-refractivity contribution in [1.82, 2.24) is 34.3 Å². The number of aromatic nitrogens is 5. The average Bonchev–Trinajstić information content (AvgIpc) is 3.84. The molecule has 50 heavy (non-hydrogen) atoms. The van der Waals surface area contributed by atoms with Gasteiger partial charge in [-0.05, 0) is 48.7 Å². The number of amides is 2. The maximum Gasteiger partial charge on any atom is 0.270 e. The number of carbonyl (C=O) groups excluding carboxylic acids is 2. The van der Waals surface area contributed by atoms with Gasteiger partial charge in [0.25, 0.3) is 11.5 Å². The zero-order valence-corrected chi connectivity index (χ0v) is 28.4. The Labute approximate surface area is 288 Å². The highest BCUT2D eigenvalue weighted by Gasteiger charge is 2.28. The van der Waals surface area contributed by atoms with E-state index in [0.29, 0.717) is 79.2 Å². The Kier molecular flexibility index (Phi) is 8.96. The number of rotatable bonds is 8. The zero-order chi connectivity index (χ0) is 34.9. The molecule has 258 valence electrons. The number of ether oxygens (including phenoxy) is 1. The molecule has 0 unspecified atom stereocenters. The van der Waals surface area contributed by atoms with Crippen molar-refractivity contribution in [1.29, 1.82) is 0 Å². The Bertz CT molecular complexity index is 2140. The van der Waals surface area contributed by atoms with E-state index in [2.05, 4.69) is 20.2 Å². The molecule has 2 amide bonds. The van der Waals surface area contributed by atoms with Crippen molar-refractivity contribution < 1.29 is 18.7 Å². The van der Waals surface area contributed by atoms with E-state index in [1.54, 1.807) is 64.7 Å². The summed E-state index contributed by atoms with van der Waals surface area (Å²) in [4.78, 5) is 48.1. The summed E-state index contributed by atoms with van der Waals surface area (Å²) in [6.45, 7) is 5.14. The van der Waals surface area contributed by atoms with Crippen molar-refractivity contribution in [2.45, 2.75) is 26.3 Å². The molecule has 12 nitrogen and oxygen atoms in total. The molecule has 5 aromatic rings. The van der Waals surface area contributed by atoms with E-state index >= 15 is 4.39 Å². The van der Waals surface area contributed by atoms with E-state index in [9.17, 15) is 14.4 Å². The summed E-state index contributed by atoms with van der Waals surface area (Å²) < 4.78 is 25.6. The minimum atomic E-state index is -0.476. The molecule has 0 saturated carbocycles. The van der Waals surface area contributed by atoms with Crippen LogP contribution in [-0.4, -0.2) is 92.5 Å². The van der Waals surface area contributed by atoms with Crippen molar-refractivity contribution >= 4 is 34.0 Å². The lowest BCUT2D eigenvalue weighted by atomic mass is 9.93. The lowest BCUT2D eigenvalue weighted by Crippen LogP contribution is -2.49. The predicted octanol–water partition coefficient (Wildman–Crippen LogP) is 4.25. The van der Waals surface area contributed by atoms with Gasteiger partial charge >= 0.3 is 0 Å². The van der Waals surface area contributed by atoms with Crippen LogP contribution in [0.5, 0.6) is 5.75 Å². The highest BCUT2D eigenvalue weighted by Crippen LogP contribution is 2.40. The van der Waals surface area contributed by atoms with Gasteiger partial charge in [0.2, 0.25) is 5.91 Å². The normalized spacial score (nSPS) is 15.0. The number of pyridine rings is 1. The summed E-state index contributed by atoms with van der Waals surface area (Å²) in [5, 5.41) is 8.30. The van der Waals surface area contributed by atoms with Crippen LogP contribution in [0.2, 0.25) is 0 Å². The predicted molar refractivity (Wildman–Crippen MR) is 189 cm³/mol. The van der Waals surface area contributed by atoms with Gasteiger partial charge in [-0.15, -0.1) is 5.10 Å². The molecular formula is C37H39FN8O4. The minimum absolute atomic E-state index is 0.0331. The largest absolute Gasteiger partial charge is 0.496 e. The van der Waals surface area contributed by atoms with Crippen LogP contribution in [0.1, 0.15) is 34.5 Å². The Morgan fingerprint density at radius 3 is 2.54 bits per heavy atom. The molecule has 2 aliphatic heterocycles. The number of hydrogen-bond donors (Lipinski definition) is 1. The fraction of sp³-hybridized carbons (Fsp3) is 0.324. The molecule has 0 spiro atoms. The number of benzene rings is 2. The lowest BCUT2D eigenvalue weighted by Gasteiger charge is -2.36. The standard InChI is InChI=1S/C37H39FN8O4/c1-24-19-26(23-42(2)36(24)48)43-15-17-44(18-16-43)37(49)31-21-30-29(27-8-4-5-9-32(27)50-3)20-28(34(38)35(30)40-31)25-7-6-12-45(22-25)33(47)10-13-46-14-11-39-41-46/h4-5,7-9,11,14,19-21,23,40H,6,10,12-13,15-18,22H2,1-3H3. The first kappa shape index (κ1) is 32.8. The van der Waals surface area contributed by atoms with Crippen molar-refractivity contribution in [2.75, 3.05) is 51.3 Å². The first-order valence-corrected chi connectivity index (χ1v) is 16.7. The van der Waals surface area contributed by atoms with Crippen LogP contribution in [0.4, 0.5) is 10.1 Å². The van der Waals surface area contributed by atoms with E-state index in [4.69, 9.17) is 4.74 Å². The fourth-order valence-electron chi connectivity index (χ4n) is 6.94. The molecule has 2 aromatic carbocycles. The van der Waals surface area contributed by atoms with Crippen molar-refractivity contribution in [3.63, 3.8) is 0 Å². The topological polar surface area (TPSA) is 122 Å². The molecule has 2 aliphatic rings. The molecule has 0 aliphatic carbocycles. The van der Waals surface area contributed by atoms with Gasteiger partial charge in [0, 0.05) is 87.2 Å². The molecule has 7 rings (SSSR count). The summed E-state index contributed by atoms with van der Waals surface area (Å²) in [5.41, 5.74) is 4.64. The van der Waals surface area contributed by atoms with E-state index in [0.717, 1.165) is 16.8 Å². The van der Waals surface area contributed by atoms with Crippen LogP contribution in [0.3, 0.4) is 0 Å². The Morgan fingerprint density at radius 2 is 1.80 bits per heavy atom. The summed E-state index contributed by atoms with van der Waals surface area (Å²) in [5.74, 6) is -0.120. The van der Waals surface area contributed by atoms with E-state index in [1.165, 1.54) is 0 Å². The van der Waals surface area contributed by atoms with Crippen LogP contribution in [0, 0.1) is 12.7 Å². The van der Waals surface area contributed by atoms with Crippen LogP contribution in [0.25, 0.3) is 27.6 Å². The fourth-order valence-corrected chi connectivity index (χ4v) is 6.94. The molecule has 5 heterocycles. The first-order valence-electron chi connectivity index (χ1n) is 16.7. The van der Waals surface area contributed by atoms with Gasteiger partial charge in [0.15, 0.2) is 5.82 Å². The Morgan fingerprint density at radius 1 is 1.00 bits per heavy atom. The number of nitrogens with zero attached hydrogens (tertiary/aromatic N) is 7. The number of carbonyl (C=O) groups is 2. The molecule has 13 heteroatoms. The number of H-pyrrole nitrogens is 1. The van der Waals surface area contributed by atoms with E-state index in [1.807, 2.05) is 42.6 Å². The summed E-state index contributed by atoms with van der Waals surface area (Å²) in [6, 6.07) is 13.0. The maximum atomic E-state index is 16.7. The second-order valence-corrected chi connectivity index (χ2v) is 12.8. The number of methoxy groups -OCH3 is 1. The molecular weight excluding hydrogens is 639 g/mol. The van der Waals surface area contributed by atoms with Gasteiger partial charge in [-0.25, -0.2) is 4.39 Å². The van der Waals surface area contributed by atoms with Gasteiger partial charge in [0.05, 0.1) is 31.1 Å². The van der Waals surface area contributed by atoms with Crippen molar-refractivity contribution in [3.8, 4) is 16.9 Å². The Hall–Kier alpha value is -5.72. The minimum Gasteiger partial charge on any atom is -0.496 e. The van der Waals surface area contributed by atoms with Crippen LogP contribution in [0.15, 0.2) is 71.9 Å². The highest BCUT2D eigenvalue weighted by molar-refractivity contribution is 6.05. The number of fused-ring (bicyclic) bond motifs is 1. The first-order chi connectivity index (χ1) is 24.2. The molecule has 1 N–H and O–H groups in total. The summed E-state index contributed by atoms with van der Waals surface area (Å²) >= 11 is 0. The molecule has 3 aromatic heterocycles. The molecule has 0 atom stereocenters. The highest BCUT2D eigenvalue weighted by atomic mass is 19.1. The molecule has 1 fully saturated rings. The number of aromatic amines is 1. The number of halogens is 1. The number of nitrogens with one attached hydrogen (secondary N) is 1. The van der Waals surface area contributed by atoms with Gasteiger partial charge in [-0.1, -0.05) is 29.5 Å².